The molecule has 0 aliphatic carbocycles. The van der Waals surface area contributed by atoms with E-state index in [2.05, 4.69) is 16.8 Å². The second kappa shape index (κ2) is 6.85. The average Bonchev–Trinajstić information content (AvgIpc) is 2.36. The second-order valence-corrected chi connectivity index (χ2v) is 5.81. The van der Waals surface area contributed by atoms with Crippen LogP contribution in [0.1, 0.15) is 26.2 Å². The number of nitrogens with zero attached hydrogens (tertiary/aromatic N) is 2. The number of piperidine rings is 2. The Balaban J connectivity index is 1.76. The van der Waals surface area contributed by atoms with Gasteiger partial charge in [0.1, 0.15) is 0 Å². The number of likely N-dealkylation sites (tertiary alicyclic amines) is 2. The van der Waals surface area contributed by atoms with Gasteiger partial charge in [0.2, 0.25) is 0 Å². The van der Waals surface area contributed by atoms with Crippen molar-refractivity contribution in [3.8, 4) is 0 Å². The molecule has 2 heterocycles. The van der Waals surface area contributed by atoms with Crippen molar-refractivity contribution in [2.75, 3.05) is 46.4 Å². The monoisotopic (exact) mass is 256 g/mol. The summed E-state index contributed by atoms with van der Waals surface area (Å²) in [5, 5.41) is 9.90. The lowest BCUT2D eigenvalue weighted by molar-refractivity contribution is -0.00911. The molecule has 0 bridgehead atoms. The quantitative estimate of drug-likeness (QED) is 0.789. The largest absolute Gasteiger partial charge is 0.389 e. The van der Waals surface area contributed by atoms with Crippen LogP contribution in [-0.4, -0.2) is 73.5 Å². The van der Waals surface area contributed by atoms with Crippen LogP contribution >= 0.6 is 0 Å². The van der Waals surface area contributed by atoms with Gasteiger partial charge < -0.3 is 19.6 Å². The highest BCUT2D eigenvalue weighted by atomic mass is 16.5. The van der Waals surface area contributed by atoms with Crippen LogP contribution in [0.4, 0.5) is 0 Å². The van der Waals surface area contributed by atoms with E-state index < -0.39 is 0 Å². The molecule has 4 heteroatoms. The molecular formula is C14H28N2O2. The Morgan fingerprint density at radius 2 is 2.17 bits per heavy atom. The minimum Gasteiger partial charge on any atom is -0.389 e. The van der Waals surface area contributed by atoms with Gasteiger partial charge in [0.05, 0.1) is 12.7 Å². The summed E-state index contributed by atoms with van der Waals surface area (Å²) in [4.78, 5) is 4.95. The first-order valence-electron chi connectivity index (χ1n) is 7.39. The fourth-order valence-corrected chi connectivity index (χ4v) is 3.50. The molecule has 0 aromatic heterocycles. The lowest BCUT2D eigenvalue weighted by atomic mass is 9.84. The molecule has 0 radical (unpaired) electrons. The number of rotatable bonds is 5. The van der Waals surface area contributed by atoms with E-state index in [0.29, 0.717) is 13.2 Å². The summed E-state index contributed by atoms with van der Waals surface area (Å²) in [6, 6.07) is 0.777. The maximum atomic E-state index is 9.90. The fourth-order valence-electron chi connectivity index (χ4n) is 3.50. The summed E-state index contributed by atoms with van der Waals surface area (Å²) in [6.45, 7) is 7.43. The van der Waals surface area contributed by atoms with Crippen molar-refractivity contribution in [2.24, 2.45) is 5.92 Å². The zero-order valence-corrected chi connectivity index (χ0v) is 11.8. The van der Waals surface area contributed by atoms with Gasteiger partial charge >= 0.3 is 0 Å². The molecule has 0 aromatic rings. The van der Waals surface area contributed by atoms with Crippen LogP contribution in [0, 0.1) is 5.92 Å². The molecule has 0 saturated carbocycles. The normalized spacial score (nSPS) is 32.2. The molecule has 2 saturated heterocycles. The molecule has 0 spiro atoms. The Morgan fingerprint density at radius 3 is 2.94 bits per heavy atom. The highest BCUT2D eigenvalue weighted by molar-refractivity contribution is 4.89. The number of fused-ring (bicyclic) bond motifs is 1. The first kappa shape index (κ1) is 14.3. The van der Waals surface area contributed by atoms with E-state index in [9.17, 15) is 5.11 Å². The van der Waals surface area contributed by atoms with Crippen molar-refractivity contribution in [3.05, 3.63) is 0 Å². The van der Waals surface area contributed by atoms with Crippen LogP contribution in [0.25, 0.3) is 0 Å². The van der Waals surface area contributed by atoms with Crippen LogP contribution < -0.4 is 0 Å². The molecule has 2 fully saturated rings. The molecule has 0 aromatic carbocycles. The number of β-amino-alcohol motifs (C(OH)–C–C–N with tert-alkyl or cyclic N) is 1. The van der Waals surface area contributed by atoms with Gasteiger partial charge in [-0.3, -0.25) is 0 Å². The lowest BCUT2D eigenvalue weighted by Gasteiger charge is -2.46. The van der Waals surface area contributed by atoms with Crippen LogP contribution in [0.3, 0.4) is 0 Å². The van der Waals surface area contributed by atoms with E-state index in [4.69, 9.17) is 4.74 Å². The molecule has 3 atom stereocenters. The third-order valence-corrected chi connectivity index (χ3v) is 4.41. The van der Waals surface area contributed by atoms with Gasteiger partial charge in [0, 0.05) is 25.7 Å². The van der Waals surface area contributed by atoms with Gasteiger partial charge in [-0.15, -0.1) is 0 Å². The molecule has 3 unspecified atom stereocenters. The SMILES string of the molecule is CCOCC(O)CN1CCC2C(CCCN2C)C1. The number of hydrogen-bond acceptors (Lipinski definition) is 4. The van der Waals surface area contributed by atoms with Gasteiger partial charge in [-0.25, -0.2) is 0 Å². The zero-order chi connectivity index (χ0) is 13.0. The van der Waals surface area contributed by atoms with E-state index in [-0.39, 0.29) is 6.10 Å². The highest BCUT2D eigenvalue weighted by Gasteiger charge is 2.34. The summed E-state index contributed by atoms with van der Waals surface area (Å²) < 4.78 is 5.28. The van der Waals surface area contributed by atoms with Crippen LogP contribution in [0.15, 0.2) is 0 Å². The minimum atomic E-state index is -0.331. The summed E-state index contributed by atoms with van der Waals surface area (Å²) in [5.74, 6) is 0.803. The molecule has 0 amide bonds. The van der Waals surface area contributed by atoms with Crippen LogP contribution in [0.5, 0.6) is 0 Å². The highest BCUT2D eigenvalue weighted by Crippen LogP contribution is 2.29. The molecule has 1 N–H and O–H groups in total. The van der Waals surface area contributed by atoms with Crippen molar-refractivity contribution in [1.82, 2.24) is 9.80 Å². The van der Waals surface area contributed by atoms with E-state index in [1.807, 2.05) is 6.92 Å². The number of hydrogen-bond donors (Lipinski definition) is 1. The van der Waals surface area contributed by atoms with Crippen molar-refractivity contribution < 1.29 is 9.84 Å². The Bertz CT molecular complexity index is 250. The third kappa shape index (κ3) is 3.67. The minimum absolute atomic E-state index is 0.331. The van der Waals surface area contributed by atoms with Crippen molar-refractivity contribution in [1.29, 1.82) is 0 Å². The predicted molar refractivity (Wildman–Crippen MR) is 72.7 cm³/mol. The molecule has 2 aliphatic rings. The fraction of sp³-hybridized carbons (Fsp3) is 1.00. The average molecular weight is 256 g/mol. The molecule has 2 aliphatic heterocycles. The molecule has 18 heavy (non-hydrogen) atoms. The summed E-state index contributed by atoms with van der Waals surface area (Å²) in [5.41, 5.74) is 0. The first-order chi connectivity index (χ1) is 8.70. The van der Waals surface area contributed by atoms with Gasteiger partial charge in [0.15, 0.2) is 0 Å². The zero-order valence-electron chi connectivity index (χ0n) is 11.8. The van der Waals surface area contributed by atoms with Crippen molar-refractivity contribution in [3.63, 3.8) is 0 Å². The smallest absolute Gasteiger partial charge is 0.0900 e. The number of aliphatic hydroxyl groups is 1. The molecule has 2 rings (SSSR count). The molecule has 106 valence electrons. The second-order valence-electron chi connectivity index (χ2n) is 5.81. The van der Waals surface area contributed by atoms with Crippen LogP contribution in [0.2, 0.25) is 0 Å². The van der Waals surface area contributed by atoms with E-state index in [1.165, 1.54) is 25.8 Å². The van der Waals surface area contributed by atoms with Gasteiger partial charge in [-0.2, -0.15) is 0 Å². The van der Waals surface area contributed by atoms with Gasteiger partial charge in [-0.05, 0) is 52.2 Å². The van der Waals surface area contributed by atoms with E-state index >= 15 is 0 Å². The first-order valence-corrected chi connectivity index (χ1v) is 7.39. The Kier molecular flexibility index (Phi) is 5.42. The summed E-state index contributed by atoms with van der Waals surface area (Å²) >= 11 is 0. The van der Waals surface area contributed by atoms with Crippen LogP contribution in [-0.2, 0) is 4.74 Å². The van der Waals surface area contributed by atoms with Crippen molar-refractivity contribution >= 4 is 0 Å². The topological polar surface area (TPSA) is 35.9 Å². The third-order valence-electron chi connectivity index (χ3n) is 4.41. The number of aliphatic hydroxyl groups excluding tert-OH is 1. The predicted octanol–water partition coefficient (Wildman–Crippen LogP) is 0.800. The molecule has 4 nitrogen and oxygen atoms in total. The maximum absolute atomic E-state index is 9.90. The van der Waals surface area contributed by atoms with Gasteiger partial charge in [-0.1, -0.05) is 0 Å². The lowest BCUT2D eigenvalue weighted by Crippen LogP contribution is -2.53. The maximum Gasteiger partial charge on any atom is 0.0900 e. The van der Waals surface area contributed by atoms with Gasteiger partial charge in [0.25, 0.3) is 0 Å². The Labute approximate surface area is 111 Å². The Hall–Kier alpha value is -0.160. The summed E-state index contributed by atoms with van der Waals surface area (Å²) in [6.07, 6.45) is 3.60. The Morgan fingerprint density at radius 1 is 1.33 bits per heavy atom. The summed E-state index contributed by atoms with van der Waals surface area (Å²) in [7, 11) is 2.26. The standard InChI is InChI=1S/C14H28N2O2/c1-3-18-11-13(17)10-16-8-6-14-12(9-16)5-4-7-15(14)2/h12-14,17H,3-11H2,1-2H3. The number of ether oxygens (including phenoxy) is 1. The van der Waals surface area contributed by atoms with Crippen molar-refractivity contribution in [2.45, 2.75) is 38.3 Å². The van der Waals surface area contributed by atoms with E-state index in [0.717, 1.165) is 31.6 Å². The van der Waals surface area contributed by atoms with E-state index in [1.54, 1.807) is 0 Å². The molecular weight excluding hydrogens is 228 g/mol.